The minimum absolute atomic E-state index is 0.0919. The van der Waals surface area contributed by atoms with Gasteiger partial charge in [-0.05, 0) is 33.6 Å². The lowest BCUT2D eigenvalue weighted by molar-refractivity contribution is -0.144. The van der Waals surface area contributed by atoms with Crippen LogP contribution in [0.2, 0.25) is 0 Å². The summed E-state index contributed by atoms with van der Waals surface area (Å²) in [5.74, 6) is -0.411. The van der Waals surface area contributed by atoms with Gasteiger partial charge in [0.25, 0.3) is 0 Å². The lowest BCUT2D eigenvalue weighted by atomic mass is 9.94. The van der Waals surface area contributed by atoms with Gasteiger partial charge in [0.05, 0.1) is 18.6 Å². The van der Waals surface area contributed by atoms with Crippen molar-refractivity contribution < 1.29 is 19.1 Å². The Balaban J connectivity index is 2.25. The summed E-state index contributed by atoms with van der Waals surface area (Å²) in [6, 6.07) is 0.142. The minimum Gasteiger partial charge on any atom is -0.466 e. The number of ether oxygens (including phenoxy) is 2. The molecule has 104 valence electrons. The highest BCUT2D eigenvalue weighted by atomic mass is 16.5. The molecule has 0 aliphatic carbocycles. The number of amides is 1. The number of nitrogens with one attached hydrogen (secondary N) is 1. The Morgan fingerprint density at radius 3 is 2.72 bits per heavy atom. The van der Waals surface area contributed by atoms with E-state index < -0.39 is 0 Å². The highest BCUT2D eigenvalue weighted by Crippen LogP contribution is 2.23. The van der Waals surface area contributed by atoms with Crippen LogP contribution in [0.5, 0.6) is 0 Å². The monoisotopic (exact) mass is 257 g/mol. The topological polar surface area (TPSA) is 64.6 Å². The molecule has 1 rings (SSSR count). The predicted octanol–water partition coefficient (Wildman–Crippen LogP) is 1.40. The molecule has 0 bridgehead atoms. The second-order valence-corrected chi connectivity index (χ2v) is 5.17. The Hall–Kier alpha value is -1.10. The van der Waals surface area contributed by atoms with E-state index in [4.69, 9.17) is 9.47 Å². The standard InChI is InChI=1S/C13H23NO4/c1-4-17-12(16)6-5-11(15)14-10-7-8-18-13(2,3)9-10/h10H,4-9H2,1-3H3,(H,14,15). The number of rotatable bonds is 5. The van der Waals surface area contributed by atoms with E-state index in [1.807, 2.05) is 13.8 Å². The van der Waals surface area contributed by atoms with E-state index in [1.165, 1.54) is 0 Å². The van der Waals surface area contributed by atoms with E-state index in [0.717, 1.165) is 12.8 Å². The molecule has 0 spiro atoms. The van der Waals surface area contributed by atoms with Crippen LogP contribution in [0.1, 0.15) is 46.5 Å². The van der Waals surface area contributed by atoms with E-state index in [1.54, 1.807) is 6.92 Å². The fraction of sp³-hybridized carbons (Fsp3) is 0.846. The summed E-state index contributed by atoms with van der Waals surface area (Å²) in [6.45, 7) is 6.81. The molecule has 1 unspecified atom stereocenters. The van der Waals surface area contributed by atoms with Crippen LogP contribution in [0.3, 0.4) is 0 Å². The quantitative estimate of drug-likeness (QED) is 0.756. The summed E-state index contributed by atoms with van der Waals surface area (Å²) in [5.41, 5.74) is -0.183. The maximum atomic E-state index is 11.7. The molecule has 0 saturated carbocycles. The zero-order chi connectivity index (χ0) is 13.6. The van der Waals surface area contributed by atoms with Crippen molar-refractivity contribution in [3.63, 3.8) is 0 Å². The van der Waals surface area contributed by atoms with Gasteiger partial charge in [-0.25, -0.2) is 0 Å². The minimum atomic E-state index is -0.319. The van der Waals surface area contributed by atoms with Gasteiger partial charge in [-0.3, -0.25) is 9.59 Å². The smallest absolute Gasteiger partial charge is 0.306 e. The molecule has 1 heterocycles. The van der Waals surface area contributed by atoms with Gasteiger partial charge < -0.3 is 14.8 Å². The van der Waals surface area contributed by atoms with Crippen molar-refractivity contribution in [1.29, 1.82) is 0 Å². The third-order valence-electron chi connectivity index (χ3n) is 2.92. The molecule has 5 heteroatoms. The SMILES string of the molecule is CCOC(=O)CCC(=O)NC1CCOC(C)(C)C1. The maximum absolute atomic E-state index is 11.7. The second kappa shape index (κ2) is 6.73. The summed E-state index contributed by atoms with van der Waals surface area (Å²) >= 11 is 0. The van der Waals surface area contributed by atoms with Gasteiger partial charge in [-0.15, -0.1) is 0 Å². The number of hydrogen-bond donors (Lipinski definition) is 1. The van der Waals surface area contributed by atoms with Crippen molar-refractivity contribution in [2.24, 2.45) is 0 Å². The second-order valence-electron chi connectivity index (χ2n) is 5.17. The molecule has 1 N–H and O–H groups in total. The molecular weight excluding hydrogens is 234 g/mol. The van der Waals surface area contributed by atoms with Crippen molar-refractivity contribution in [1.82, 2.24) is 5.32 Å². The van der Waals surface area contributed by atoms with Crippen LogP contribution >= 0.6 is 0 Å². The molecule has 1 atom stereocenters. The van der Waals surface area contributed by atoms with Gasteiger partial charge in [0.15, 0.2) is 0 Å². The van der Waals surface area contributed by atoms with E-state index in [0.29, 0.717) is 13.2 Å². The Kier molecular flexibility index (Phi) is 5.59. The van der Waals surface area contributed by atoms with Gasteiger partial charge >= 0.3 is 5.97 Å². The normalized spacial score (nSPS) is 22.3. The van der Waals surface area contributed by atoms with Gasteiger partial charge in [0.2, 0.25) is 5.91 Å². The van der Waals surface area contributed by atoms with Crippen LogP contribution < -0.4 is 5.32 Å². The lowest BCUT2D eigenvalue weighted by Gasteiger charge is -2.35. The molecule has 1 fully saturated rings. The van der Waals surface area contributed by atoms with Crippen molar-refractivity contribution in [3.8, 4) is 0 Å². The molecule has 5 nitrogen and oxygen atoms in total. The van der Waals surface area contributed by atoms with Crippen molar-refractivity contribution in [3.05, 3.63) is 0 Å². The average Bonchev–Trinajstić information content (AvgIpc) is 2.25. The number of carbonyl (C=O) groups excluding carboxylic acids is 2. The highest BCUT2D eigenvalue weighted by molar-refractivity contribution is 5.81. The Morgan fingerprint density at radius 1 is 1.39 bits per heavy atom. The molecule has 1 aliphatic rings. The van der Waals surface area contributed by atoms with Crippen molar-refractivity contribution >= 4 is 11.9 Å². The molecule has 1 aliphatic heterocycles. The van der Waals surface area contributed by atoms with E-state index in [-0.39, 0.29) is 36.4 Å². The van der Waals surface area contributed by atoms with Crippen molar-refractivity contribution in [2.45, 2.75) is 58.1 Å². The van der Waals surface area contributed by atoms with Crippen molar-refractivity contribution in [2.75, 3.05) is 13.2 Å². The van der Waals surface area contributed by atoms with E-state index >= 15 is 0 Å². The van der Waals surface area contributed by atoms with E-state index in [2.05, 4.69) is 5.32 Å². The molecule has 1 amide bonds. The summed E-state index contributed by atoms with van der Waals surface area (Å²) in [5, 5.41) is 2.95. The molecule has 0 aromatic carbocycles. The molecule has 1 saturated heterocycles. The van der Waals surface area contributed by atoms with Crippen LogP contribution in [0.15, 0.2) is 0 Å². The van der Waals surface area contributed by atoms with Gasteiger partial charge in [-0.1, -0.05) is 0 Å². The summed E-state index contributed by atoms with van der Waals surface area (Å²) in [7, 11) is 0. The third kappa shape index (κ3) is 5.49. The maximum Gasteiger partial charge on any atom is 0.306 e. The van der Waals surface area contributed by atoms with Crippen LogP contribution in [-0.2, 0) is 19.1 Å². The highest BCUT2D eigenvalue weighted by Gasteiger charge is 2.29. The summed E-state index contributed by atoms with van der Waals surface area (Å²) in [4.78, 5) is 22.8. The zero-order valence-electron chi connectivity index (χ0n) is 11.5. The summed E-state index contributed by atoms with van der Waals surface area (Å²) < 4.78 is 10.4. The van der Waals surface area contributed by atoms with E-state index in [9.17, 15) is 9.59 Å². The first-order chi connectivity index (χ1) is 8.43. The zero-order valence-corrected chi connectivity index (χ0v) is 11.5. The number of hydrogen-bond acceptors (Lipinski definition) is 4. The number of carbonyl (C=O) groups is 2. The van der Waals surface area contributed by atoms with Crippen LogP contribution in [0, 0.1) is 0 Å². The van der Waals surface area contributed by atoms with Crippen LogP contribution in [0.25, 0.3) is 0 Å². The first-order valence-corrected chi connectivity index (χ1v) is 6.52. The Morgan fingerprint density at radius 2 is 2.11 bits per heavy atom. The Bertz CT molecular complexity index is 301. The average molecular weight is 257 g/mol. The summed E-state index contributed by atoms with van der Waals surface area (Å²) in [6.07, 6.45) is 1.97. The van der Waals surface area contributed by atoms with Crippen LogP contribution in [0.4, 0.5) is 0 Å². The fourth-order valence-electron chi connectivity index (χ4n) is 2.10. The molecule has 0 aromatic rings. The Labute approximate surface area is 108 Å². The molecule has 18 heavy (non-hydrogen) atoms. The number of esters is 1. The van der Waals surface area contributed by atoms with Crippen LogP contribution in [-0.4, -0.2) is 36.7 Å². The third-order valence-corrected chi connectivity index (χ3v) is 2.92. The lowest BCUT2D eigenvalue weighted by Crippen LogP contribution is -2.45. The van der Waals surface area contributed by atoms with Gasteiger partial charge in [0, 0.05) is 19.1 Å². The first kappa shape index (κ1) is 15.0. The molecule has 0 aromatic heterocycles. The van der Waals surface area contributed by atoms with Gasteiger partial charge in [-0.2, -0.15) is 0 Å². The largest absolute Gasteiger partial charge is 0.466 e. The first-order valence-electron chi connectivity index (χ1n) is 6.52. The van der Waals surface area contributed by atoms with Gasteiger partial charge in [0.1, 0.15) is 0 Å². The molecule has 0 radical (unpaired) electrons. The molecular formula is C13H23NO4. The predicted molar refractivity (Wildman–Crippen MR) is 67.1 cm³/mol. The fourth-order valence-corrected chi connectivity index (χ4v) is 2.10.